The molecular formula is C27H31BrN2O4. The van der Waals surface area contributed by atoms with Gasteiger partial charge in [-0.2, -0.15) is 0 Å². The molecule has 2 aliphatic rings. The number of carbonyl (C=O) groups is 2. The van der Waals surface area contributed by atoms with Crippen LogP contribution in [0.4, 0.5) is 0 Å². The van der Waals surface area contributed by atoms with Crippen molar-refractivity contribution in [1.29, 1.82) is 0 Å². The monoisotopic (exact) mass is 526 g/mol. The molecule has 2 aromatic rings. The molecule has 0 bridgehead atoms. The van der Waals surface area contributed by atoms with E-state index in [1.807, 2.05) is 43.3 Å². The molecule has 1 saturated heterocycles. The summed E-state index contributed by atoms with van der Waals surface area (Å²) >= 11 is 3.50. The largest absolute Gasteiger partial charge is 0.507 e. The molecule has 1 amide bonds. The van der Waals surface area contributed by atoms with E-state index in [4.69, 9.17) is 4.74 Å². The summed E-state index contributed by atoms with van der Waals surface area (Å²) in [4.78, 5) is 30.3. The molecule has 7 heteroatoms. The highest BCUT2D eigenvalue weighted by atomic mass is 79.9. The molecule has 2 heterocycles. The van der Waals surface area contributed by atoms with E-state index in [1.54, 1.807) is 11.0 Å². The Morgan fingerprint density at radius 3 is 2.65 bits per heavy atom. The van der Waals surface area contributed by atoms with Crippen LogP contribution in [-0.2, 0) is 16.0 Å². The summed E-state index contributed by atoms with van der Waals surface area (Å²) in [5, 5.41) is 11.3. The van der Waals surface area contributed by atoms with E-state index >= 15 is 0 Å². The first-order valence-corrected chi connectivity index (χ1v) is 12.7. The van der Waals surface area contributed by atoms with Crippen LogP contribution in [0.5, 0.6) is 5.75 Å². The van der Waals surface area contributed by atoms with Gasteiger partial charge in [-0.25, -0.2) is 0 Å². The number of ketones is 1. The van der Waals surface area contributed by atoms with Crippen molar-refractivity contribution in [2.24, 2.45) is 0 Å². The number of fused-ring (bicyclic) bond motifs is 1. The standard InChI is InChI=1S/C27H31BrN2O4/c1-4-29(5-2)12-7-13-30-24(18-8-6-9-21(28)16-18)23(26(32)27(30)33)25(31)19-10-11-22-20(15-19)14-17(3)34-22/h6,8-11,15-17,24,31H,4-5,7,12-14H2,1-3H3/b25-23+/t17-,24+/m0/s1. The van der Waals surface area contributed by atoms with Gasteiger partial charge in [-0.1, -0.05) is 41.9 Å². The fourth-order valence-electron chi connectivity index (χ4n) is 4.86. The number of rotatable bonds is 8. The molecule has 0 saturated carbocycles. The second kappa shape index (κ2) is 10.3. The molecule has 0 spiro atoms. The van der Waals surface area contributed by atoms with Gasteiger partial charge in [0.25, 0.3) is 11.7 Å². The Kier molecular flexibility index (Phi) is 7.43. The number of aliphatic hydroxyl groups excluding tert-OH is 1. The quantitative estimate of drug-likeness (QED) is 0.300. The average molecular weight is 527 g/mol. The lowest BCUT2D eigenvalue weighted by molar-refractivity contribution is -0.140. The summed E-state index contributed by atoms with van der Waals surface area (Å²) < 4.78 is 6.62. The third-order valence-corrected chi connectivity index (χ3v) is 7.13. The van der Waals surface area contributed by atoms with Crippen molar-refractivity contribution in [2.75, 3.05) is 26.2 Å². The summed E-state index contributed by atoms with van der Waals surface area (Å²) in [5.74, 6) is -0.555. The van der Waals surface area contributed by atoms with Gasteiger partial charge < -0.3 is 19.6 Å². The van der Waals surface area contributed by atoms with Gasteiger partial charge in [0, 0.05) is 23.0 Å². The van der Waals surface area contributed by atoms with E-state index in [-0.39, 0.29) is 17.4 Å². The van der Waals surface area contributed by atoms with Gasteiger partial charge >= 0.3 is 0 Å². The zero-order valence-electron chi connectivity index (χ0n) is 19.9. The number of halogens is 1. The lowest BCUT2D eigenvalue weighted by Gasteiger charge is -2.27. The van der Waals surface area contributed by atoms with Crippen LogP contribution in [0.2, 0.25) is 0 Å². The van der Waals surface area contributed by atoms with E-state index in [9.17, 15) is 14.7 Å². The molecule has 0 radical (unpaired) electrons. The Balaban J connectivity index is 1.73. The van der Waals surface area contributed by atoms with Crippen LogP contribution in [0, 0.1) is 0 Å². The number of hydrogen-bond donors (Lipinski definition) is 1. The summed E-state index contributed by atoms with van der Waals surface area (Å²) in [6.45, 7) is 9.36. The van der Waals surface area contributed by atoms with Crippen molar-refractivity contribution in [3.8, 4) is 5.75 Å². The van der Waals surface area contributed by atoms with Crippen LogP contribution >= 0.6 is 15.9 Å². The predicted molar refractivity (Wildman–Crippen MR) is 136 cm³/mol. The van der Waals surface area contributed by atoms with E-state index in [1.165, 1.54) is 0 Å². The van der Waals surface area contributed by atoms with Crippen LogP contribution in [0.3, 0.4) is 0 Å². The second-order valence-corrected chi connectivity index (χ2v) is 9.80. The Bertz CT molecular complexity index is 1130. The molecule has 0 aromatic heterocycles. The Morgan fingerprint density at radius 1 is 1.18 bits per heavy atom. The van der Waals surface area contributed by atoms with Gasteiger partial charge in [0.1, 0.15) is 17.6 Å². The highest BCUT2D eigenvalue weighted by Gasteiger charge is 2.46. The lowest BCUT2D eigenvalue weighted by Crippen LogP contribution is -2.33. The SMILES string of the molecule is CCN(CC)CCCN1C(=O)C(=O)/C(=C(/O)c2ccc3c(c2)C[C@H](C)O3)[C@H]1c1cccc(Br)c1. The number of Topliss-reactive ketones (excluding diaryl/α,β-unsaturated/α-hetero) is 1. The first kappa shape index (κ1) is 24.5. The zero-order chi connectivity index (χ0) is 24.4. The second-order valence-electron chi connectivity index (χ2n) is 8.88. The number of nitrogens with zero attached hydrogens (tertiary/aromatic N) is 2. The molecule has 180 valence electrons. The minimum absolute atomic E-state index is 0.0745. The van der Waals surface area contributed by atoms with Crippen molar-refractivity contribution < 1.29 is 19.4 Å². The van der Waals surface area contributed by atoms with E-state index in [0.717, 1.165) is 53.8 Å². The van der Waals surface area contributed by atoms with Crippen molar-refractivity contribution in [2.45, 2.75) is 45.8 Å². The van der Waals surface area contributed by atoms with E-state index in [2.05, 4.69) is 34.7 Å². The summed E-state index contributed by atoms with van der Waals surface area (Å²) in [7, 11) is 0. The minimum atomic E-state index is -0.643. The maximum Gasteiger partial charge on any atom is 0.295 e. The Hall–Kier alpha value is -2.64. The Morgan fingerprint density at radius 2 is 1.94 bits per heavy atom. The third-order valence-electron chi connectivity index (χ3n) is 6.64. The van der Waals surface area contributed by atoms with Crippen molar-refractivity contribution in [1.82, 2.24) is 9.80 Å². The maximum absolute atomic E-state index is 13.2. The van der Waals surface area contributed by atoms with Crippen molar-refractivity contribution >= 4 is 33.4 Å². The molecule has 4 rings (SSSR count). The Labute approximate surface area is 209 Å². The third kappa shape index (κ3) is 4.77. The summed E-state index contributed by atoms with van der Waals surface area (Å²) in [5.41, 5.74) is 2.44. The van der Waals surface area contributed by atoms with E-state index < -0.39 is 17.7 Å². The molecule has 2 aromatic carbocycles. The summed E-state index contributed by atoms with van der Waals surface area (Å²) in [6, 6.07) is 12.4. The highest BCUT2D eigenvalue weighted by Crippen LogP contribution is 2.41. The lowest BCUT2D eigenvalue weighted by atomic mass is 9.94. The van der Waals surface area contributed by atoms with Crippen LogP contribution in [0.25, 0.3) is 5.76 Å². The predicted octanol–water partition coefficient (Wildman–Crippen LogP) is 4.93. The average Bonchev–Trinajstić information content (AvgIpc) is 3.32. The molecule has 1 fully saturated rings. The number of benzene rings is 2. The molecule has 2 aliphatic heterocycles. The number of aliphatic hydroxyl groups is 1. The maximum atomic E-state index is 13.2. The number of carbonyl (C=O) groups excluding carboxylic acids is 2. The molecule has 34 heavy (non-hydrogen) atoms. The normalized spacial score (nSPS) is 21.3. The zero-order valence-corrected chi connectivity index (χ0v) is 21.5. The first-order valence-electron chi connectivity index (χ1n) is 11.9. The van der Waals surface area contributed by atoms with Gasteiger partial charge in [0.15, 0.2) is 0 Å². The number of likely N-dealkylation sites (tertiary alicyclic amines) is 1. The number of amides is 1. The topological polar surface area (TPSA) is 70.1 Å². The van der Waals surface area contributed by atoms with Crippen LogP contribution < -0.4 is 4.74 Å². The van der Waals surface area contributed by atoms with Gasteiger partial charge in [-0.3, -0.25) is 9.59 Å². The van der Waals surface area contributed by atoms with Gasteiger partial charge in [-0.15, -0.1) is 0 Å². The van der Waals surface area contributed by atoms with Gasteiger partial charge in [-0.05, 0) is 74.4 Å². The molecule has 0 aliphatic carbocycles. The van der Waals surface area contributed by atoms with Crippen molar-refractivity contribution in [3.63, 3.8) is 0 Å². The fourth-order valence-corrected chi connectivity index (χ4v) is 5.28. The molecule has 0 unspecified atom stereocenters. The number of hydrogen-bond acceptors (Lipinski definition) is 5. The molecule has 2 atom stereocenters. The molecule has 1 N–H and O–H groups in total. The highest BCUT2D eigenvalue weighted by molar-refractivity contribution is 9.10. The fraction of sp³-hybridized carbons (Fsp3) is 0.407. The van der Waals surface area contributed by atoms with Crippen molar-refractivity contribution in [3.05, 3.63) is 69.2 Å². The first-order chi connectivity index (χ1) is 16.3. The molecule has 6 nitrogen and oxygen atoms in total. The minimum Gasteiger partial charge on any atom is -0.507 e. The van der Waals surface area contributed by atoms with Gasteiger partial charge in [0.05, 0.1) is 11.6 Å². The van der Waals surface area contributed by atoms with Crippen LogP contribution in [0.1, 0.15) is 49.9 Å². The smallest absolute Gasteiger partial charge is 0.295 e. The van der Waals surface area contributed by atoms with Crippen LogP contribution in [-0.4, -0.2) is 58.9 Å². The molecular weight excluding hydrogens is 496 g/mol. The van der Waals surface area contributed by atoms with Gasteiger partial charge in [0.2, 0.25) is 0 Å². The van der Waals surface area contributed by atoms with Crippen LogP contribution in [0.15, 0.2) is 52.5 Å². The summed E-state index contributed by atoms with van der Waals surface area (Å²) in [6.07, 6.45) is 1.56. The number of ether oxygens (including phenoxy) is 1. The van der Waals surface area contributed by atoms with E-state index in [0.29, 0.717) is 12.1 Å².